The fraction of sp³-hybridized carbons (Fsp3) is 0.500. The highest BCUT2D eigenvalue weighted by Crippen LogP contribution is 2.10. The molecule has 1 aromatic carbocycles. The molecule has 0 spiro atoms. The van der Waals surface area contributed by atoms with Crippen molar-refractivity contribution in [3.05, 3.63) is 35.4 Å². The summed E-state index contributed by atoms with van der Waals surface area (Å²) in [5, 5.41) is 9.01. The van der Waals surface area contributed by atoms with Crippen LogP contribution in [0.25, 0.3) is 0 Å². The van der Waals surface area contributed by atoms with E-state index >= 15 is 0 Å². The highest BCUT2D eigenvalue weighted by molar-refractivity contribution is 5.89. The maximum Gasteiger partial charge on any atom is 0.337 e. The standard InChI is InChI=1S/C14H21NO3/c1-11(2)15(8-9-16)10-12-4-6-13(7-5-12)14(17)18-3/h4-7,11,16H,8-10H2,1-3H3. The summed E-state index contributed by atoms with van der Waals surface area (Å²) < 4.78 is 4.65. The first-order chi connectivity index (χ1) is 8.58. The number of hydrogen-bond acceptors (Lipinski definition) is 4. The Kier molecular flexibility index (Phi) is 5.82. The van der Waals surface area contributed by atoms with Crippen LogP contribution in [0.5, 0.6) is 0 Å². The molecule has 4 nitrogen and oxygen atoms in total. The third kappa shape index (κ3) is 4.13. The summed E-state index contributed by atoms with van der Waals surface area (Å²) in [6.45, 7) is 5.76. The first-order valence-corrected chi connectivity index (χ1v) is 6.10. The molecule has 100 valence electrons. The molecule has 0 radical (unpaired) electrons. The third-order valence-electron chi connectivity index (χ3n) is 2.88. The third-order valence-corrected chi connectivity index (χ3v) is 2.88. The Balaban J connectivity index is 2.70. The first-order valence-electron chi connectivity index (χ1n) is 6.10. The summed E-state index contributed by atoms with van der Waals surface area (Å²) >= 11 is 0. The van der Waals surface area contributed by atoms with E-state index in [-0.39, 0.29) is 12.6 Å². The number of carbonyl (C=O) groups excluding carboxylic acids is 1. The lowest BCUT2D eigenvalue weighted by molar-refractivity contribution is 0.0600. The average molecular weight is 251 g/mol. The van der Waals surface area contributed by atoms with E-state index in [2.05, 4.69) is 23.5 Å². The summed E-state index contributed by atoms with van der Waals surface area (Å²) in [5.41, 5.74) is 1.67. The Morgan fingerprint density at radius 3 is 2.39 bits per heavy atom. The predicted octanol–water partition coefficient (Wildman–Crippen LogP) is 1.68. The van der Waals surface area contributed by atoms with E-state index in [1.807, 2.05) is 12.1 Å². The number of carbonyl (C=O) groups is 1. The van der Waals surface area contributed by atoms with Crippen LogP contribution in [0, 0.1) is 0 Å². The van der Waals surface area contributed by atoms with Crippen molar-refractivity contribution in [2.45, 2.75) is 26.4 Å². The Bertz CT molecular complexity index is 373. The van der Waals surface area contributed by atoms with Crippen LogP contribution in [-0.2, 0) is 11.3 Å². The fourth-order valence-electron chi connectivity index (χ4n) is 1.75. The molecule has 0 aliphatic rings. The Morgan fingerprint density at radius 2 is 1.94 bits per heavy atom. The van der Waals surface area contributed by atoms with Crippen molar-refractivity contribution in [1.82, 2.24) is 4.90 Å². The highest BCUT2D eigenvalue weighted by Gasteiger charge is 2.10. The molecule has 0 bridgehead atoms. The molecule has 18 heavy (non-hydrogen) atoms. The zero-order valence-electron chi connectivity index (χ0n) is 11.2. The molecule has 0 aromatic heterocycles. The Morgan fingerprint density at radius 1 is 1.33 bits per heavy atom. The van der Waals surface area contributed by atoms with Crippen LogP contribution >= 0.6 is 0 Å². The minimum Gasteiger partial charge on any atom is -0.465 e. The van der Waals surface area contributed by atoms with Gasteiger partial charge in [-0.3, -0.25) is 4.90 Å². The number of rotatable bonds is 6. The molecule has 0 fully saturated rings. The Hall–Kier alpha value is -1.39. The van der Waals surface area contributed by atoms with Gasteiger partial charge < -0.3 is 9.84 Å². The van der Waals surface area contributed by atoms with Gasteiger partial charge in [0, 0.05) is 19.1 Å². The Labute approximate surface area is 108 Å². The first kappa shape index (κ1) is 14.7. The minimum absolute atomic E-state index is 0.151. The van der Waals surface area contributed by atoms with Crippen molar-refractivity contribution in [2.75, 3.05) is 20.3 Å². The van der Waals surface area contributed by atoms with Gasteiger partial charge in [0.1, 0.15) is 0 Å². The summed E-state index contributed by atoms with van der Waals surface area (Å²) in [6, 6.07) is 7.73. The normalized spacial score (nSPS) is 11.0. The van der Waals surface area contributed by atoms with Crippen molar-refractivity contribution in [3.63, 3.8) is 0 Å². The van der Waals surface area contributed by atoms with Crippen molar-refractivity contribution in [2.24, 2.45) is 0 Å². The summed E-state index contributed by atoms with van der Waals surface area (Å²) in [7, 11) is 1.37. The van der Waals surface area contributed by atoms with Gasteiger partial charge in [-0.1, -0.05) is 12.1 Å². The van der Waals surface area contributed by atoms with Gasteiger partial charge in [0.2, 0.25) is 0 Å². The lowest BCUT2D eigenvalue weighted by atomic mass is 10.1. The smallest absolute Gasteiger partial charge is 0.337 e. The summed E-state index contributed by atoms with van der Waals surface area (Å²) in [6.07, 6.45) is 0. The van der Waals surface area contributed by atoms with Crippen molar-refractivity contribution >= 4 is 5.97 Å². The maximum absolute atomic E-state index is 11.3. The quantitative estimate of drug-likeness (QED) is 0.781. The topological polar surface area (TPSA) is 49.8 Å². The van der Waals surface area contributed by atoms with Gasteiger partial charge in [0.15, 0.2) is 0 Å². The lowest BCUT2D eigenvalue weighted by Gasteiger charge is -2.25. The van der Waals surface area contributed by atoms with Gasteiger partial charge in [-0.25, -0.2) is 4.79 Å². The molecule has 0 saturated heterocycles. The largest absolute Gasteiger partial charge is 0.465 e. The number of methoxy groups -OCH3 is 1. The second-order valence-electron chi connectivity index (χ2n) is 4.48. The predicted molar refractivity (Wildman–Crippen MR) is 70.4 cm³/mol. The van der Waals surface area contributed by atoms with Gasteiger partial charge in [0.05, 0.1) is 19.3 Å². The number of nitrogens with zero attached hydrogens (tertiary/aromatic N) is 1. The molecule has 0 atom stereocenters. The van der Waals surface area contributed by atoms with Gasteiger partial charge in [0.25, 0.3) is 0 Å². The number of aliphatic hydroxyl groups is 1. The summed E-state index contributed by atoms with van der Waals surface area (Å²) in [5.74, 6) is -0.322. The van der Waals surface area contributed by atoms with Crippen LogP contribution in [0.1, 0.15) is 29.8 Å². The van der Waals surface area contributed by atoms with Gasteiger partial charge in [-0.2, -0.15) is 0 Å². The molecule has 1 rings (SSSR count). The molecule has 0 aliphatic heterocycles. The molecular formula is C14H21NO3. The number of aliphatic hydroxyl groups excluding tert-OH is 1. The average Bonchev–Trinajstić information content (AvgIpc) is 2.38. The monoisotopic (exact) mass is 251 g/mol. The molecule has 0 amide bonds. The number of benzene rings is 1. The summed E-state index contributed by atoms with van der Waals surface area (Å²) in [4.78, 5) is 13.5. The number of ether oxygens (including phenoxy) is 1. The van der Waals surface area contributed by atoms with Crippen LogP contribution < -0.4 is 0 Å². The van der Waals surface area contributed by atoms with Crippen LogP contribution in [0.3, 0.4) is 0 Å². The highest BCUT2D eigenvalue weighted by atomic mass is 16.5. The van der Waals surface area contributed by atoms with Gasteiger partial charge in [-0.05, 0) is 31.5 Å². The van der Waals surface area contributed by atoms with Crippen molar-refractivity contribution in [1.29, 1.82) is 0 Å². The van der Waals surface area contributed by atoms with Gasteiger partial charge >= 0.3 is 5.97 Å². The van der Waals surface area contributed by atoms with E-state index < -0.39 is 0 Å². The SMILES string of the molecule is COC(=O)c1ccc(CN(CCO)C(C)C)cc1. The molecule has 4 heteroatoms. The zero-order valence-corrected chi connectivity index (χ0v) is 11.2. The number of esters is 1. The molecule has 0 unspecified atom stereocenters. The molecule has 0 heterocycles. The van der Waals surface area contributed by atoms with E-state index in [0.29, 0.717) is 18.2 Å². The van der Waals surface area contributed by atoms with E-state index in [4.69, 9.17) is 5.11 Å². The van der Waals surface area contributed by atoms with Crippen molar-refractivity contribution in [3.8, 4) is 0 Å². The van der Waals surface area contributed by atoms with Crippen LogP contribution in [0.15, 0.2) is 24.3 Å². The van der Waals surface area contributed by atoms with E-state index in [0.717, 1.165) is 12.1 Å². The van der Waals surface area contributed by atoms with Crippen LogP contribution in [0.4, 0.5) is 0 Å². The van der Waals surface area contributed by atoms with E-state index in [1.54, 1.807) is 12.1 Å². The molecule has 1 N–H and O–H groups in total. The zero-order chi connectivity index (χ0) is 13.5. The molecule has 0 saturated carbocycles. The minimum atomic E-state index is -0.322. The van der Waals surface area contributed by atoms with E-state index in [1.165, 1.54) is 7.11 Å². The lowest BCUT2D eigenvalue weighted by Crippen LogP contribution is -2.32. The molecule has 1 aromatic rings. The second kappa shape index (κ2) is 7.13. The molecular weight excluding hydrogens is 230 g/mol. The fourth-order valence-corrected chi connectivity index (χ4v) is 1.75. The van der Waals surface area contributed by atoms with Crippen molar-refractivity contribution < 1.29 is 14.6 Å². The second-order valence-corrected chi connectivity index (χ2v) is 4.48. The maximum atomic E-state index is 11.3. The van der Waals surface area contributed by atoms with Gasteiger partial charge in [-0.15, -0.1) is 0 Å². The number of hydrogen-bond donors (Lipinski definition) is 1. The molecule has 0 aliphatic carbocycles. The van der Waals surface area contributed by atoms with Crippen LogP contribution in [-0.4, -0.2) is 42.3 Å². The van der Waals surface area contributed by atoms with Crippen LogP contribution in [0.2, 0.25) is 0 Å². The van der Waals surface area contributed by atoms with E-state index in [9.17, 15) is 4.79 Å².